The summed E-state index contributed by atoms with van der Waals surface area (Å²) in [4.78, 5) is 30.1. The van der Waals surface area contributed by atoms with Crippen LogP contribution in [0.4, 0.5) is 5.82 Å². The second-order valence-corrected chi connectivity index (χ2v) is 7.30. The molecule has 31 heavy (non-hydrogen) atoms. The third-order valence-electron chi connectivity index (χ3n) is 5.10. The maximum Gasteiger partial charge on any atom is 0.189 e. The van der Waals surface area contributed by atoms with Crippen LogP contribution in [0.2, 0.25) is 0 Å². The predicted molar refractivity (Wildman–Crippen MR) is 121 cm³/mol. The van der Waals surface area contributed by atoms with Crippen molar-refractivity contribution < 1.29 is 4.79 Å². The van der Waals surface area contributed by atoms with Crippen LogP contribution in [0.5, 0.6) is 0 Å². The van der Waals surface area contributed by atoms with Crippen molar-refractivity contribution in [1.29, 1.82) is 0 Å². The fraction of sp³-hybridized carbons (Fsp3) is 0.160. The molecule has 0 fully saturated rings. The summed E-state index contributed by atoms with van der Waals surface area (Å²) < 4.78 is 0. The summed E-state index contributed by atoms with van der Waals surface area (Å²) in [6, 6.07) is 13.9. The van der Waals surface area contributed by atoms with E-state index in [4.69, 9.17) is 5.73 Å². The zero-order valence-corrected chi connectivity index (χ0v) is 17.3. The third-order valence-corrected chi connectivity index (χ3v) is 5.10. The number of benzene rings is 1. The Morgan fingerprint density at radius 3 is 2.39 bits per heavy atom. The number of ketones is 1. The van der Waals surface area contributed by atoms with E-state index in [0.29, 0.717) is 5.69 Å². The molecule has 0 aliphatic rings. The van der Waals surface area contributed by atoms with Crippen molar-refractivity contribution in [2.45, 2.75) is 26.2 Å². The molecule has 0 amide bonds. The summed E-state index contributed by atoms with van der Waals surface area (Å²) in [6.07, 6.45) is 10.7. The molecule has 6 nitrogen and oxygen atoms in total. The lowest BCUT2D eigenvalue weighted by Crippen LogP contribution is -2.12. The number of nitrogens with two attached hydrogens (primary N) is 1. The molecular weight excluding hydrogens is 386 g/mol. The maximum atomic E-state index is 13.1. The minimum atomic E-state index is -0.197. The van der Waals surface area contributed by atoms with E-state index >= 15 is 0 Å². The van der Waals surface area contributed by atoms with Crippen molar-refractivity contribution in [3.05, 3.63) is 90.3 Å². The lowest BCUT2D eigenvalue weighted by atomic mass is 9.98. The molecule has 1 aromatic carbocycles. The quantitative estimate of drug-likeness (QED) is 0.450. The number of carbonyl (C=O) groups excluding carboxylic acids is 1. The highest BCUT2D eigenvalue weighted by atomic mass is 16.1. The van der Waals surface area contributed by atoms with Gasteiger partial charge in [0.05, 0.1) is 11.9 Å². The van der Waals surface area contributed by atoms with Crippen LogP contribution in [0, 0.1) is 0 Å². The Kier molecular flexibility index (Phi) is 6.08. The standard InChI is InChI=1S/C25H23N5O/c1-2-3-17-4-6-19(7-5-17)22-16-29-25(26)24(30-22)23(31)14-20-15-28-13-10-21(20)18-8-11-27-12-9-18/h4-13,15-16H,2-3,14H2,1H3,(H2,26,29). The summed E-state index contributed by atoms with van der Waals surface area (Å²) in [6.45, 7) is 2.15. The first kappa shape index (κ1) is 20.3. The Bertz CT molecular complexity index is 1190. The van der Waals surface area contributed by atoms with Gasteiger partial charge >= 0.3 is 0 Å². The molecule has 0 saturated carbocycles. The lowest BCUT2D eigenvalue weighted by molar-refractivity contribution is 0.0989. The number of rotatable bonds is 7. The molecule has 0 spiro atoms. The molecule has 0 atom stereocenters. The average molecular weight is 409 g/mol. The van der Waals surface area contributed by atoms with Gasteiger partial charge in [-0.3, -0.25) is 14.8 Å². The third kappa shape index (κ3) is 4.64. The van der Waals surface area contributed by atoms with Crippen LogP contribution in [-0.4, -0.2) is 25.7 Å². The van der Waals surface area contributed by atoms with E-state index < -0.39 is 0 Å². The number of Topliss-reactive ketones (excluding diaryl/α,β-unsaturated/α-hetero) is 1. The number of aromatic nitrogens is 4. The summed E-state index contributed by atoms with van der Waals surface area (Å²) >= 11 is 0. The van der Waals surface area contributed by atoms with Crippen LogP contribution < -0.4 is 5.73 Å². The van der Waals surface area contributed by atoms with Crippen molar-refractivity contribution in [2.75, 3.05) is 5.73 Å². The van der Waals surface area contributed by atoms with Gasteiger partial charge in [-0.1, -0.05) is 37.6 Å². The fourth-order valence-corrected chi connectivity index (χ4v) is 3.51. The van der Waals surface area contributed by atoms with Crippen molar-refractivity contribution in [3.8, 4) is 22.4 Å². The lowest BCUT2D eigenvalue weighted by Gasteiger charge is -2.10. The number of pyridine rings is 2. The van der Waals surface area contributed by atoms with E-state index in [1.807, 2.05) is 30.3 Å². The van der Waals surface area contributed by atoms with Gasteiger partial charge in [-0.05, 0) is 46.9 Å². The Labute approximate surface area is 181 Å². The minimum Gasteiger partial charge on any atom is -0.382 e. The first-order valence-corrected chi connectivity index (χ1v) is 10.2. The largest absolute Gasteiger partial charge is 0.382 e. The number of aryl methyl sites for hydroxylation is 1. The average Bonchev–Trinajstić information content (AvgIpc) is 2.81. The number of anilines is 1. The van der Waals surface area contributed by atoms with Gasteiger partial charge in [0.2, 0.25) is 0 Å². The topological polar surface area (TPSA) is 94.7 Å². The predicted octanol–water partition coefficient (Wildman–Crippen LogP) is 4.56. The van der Waals surface area contributed by atoms with Crippen LogP contribution in [0.1, 0.15) is 35.0 Å². The van der Waals surface area contributed by atoms with Gasteiger partial charge in [-0.15, -0.1) is 0 Å². The summed E-state index contributed by atoms with van der Waals surface area (Å²) in [5.41, 5.74) is 11.7. The van der Waals surface area contributed by atoms with Gasteiger partial charge in [0.25, 0.3) is 0 Å². The smallest absolute Gasteiger partial charge is 0.189 e. The Morgan fingerprint density at radius 2 is 1.65 bits per heavy atom. The van der Waals surface area contributed by atoms with Gasteiger partial charge in [0.1, 0.15) is 5.69 Å². The van der Waals surface area contributed by atoms with Crippen molar-refractivity contribution in [2.24, 2.45) is 0 Å². The first-order valence-electron chi connectivity index (χ1n) is 10.2. The first-order chi connectivity index (χ1) is 15.2. The van der Waals surface area contributed by atoms with Crippen LogP contribution >= 0.6 is 0 Å². The summed E-state index contributed by atoms with van der Waals surface area (Å²) in [7, 11) is 0. The zero-order chi connectivity index (χ0) is 21.6. The Balaban J connectivity index is 1.62. The second-order valence-electron chi connectivity index (χ2n) is 7.30. The Morgan fingerprint density at radius 1 is 0.903 bits per heavy atom. The van der Waals surface area contributed by atoms with E-state index in [0.717, 1.165) is 35.1 Å². The van der Waals surface area contributed by atoms with Crippen molar-refractivity contribution >= 4 is 11.6 Å². The van der Waals surface area contributed by atoms with Gasteiger partial charge in [0.15, 0.2) is 11.6 Å². The Hall–Kier alpha value is -3.93. The van der Waals surface area contributed by atoms with Crippen LogP contribution in [0.25, 0.3) is 22.4 Å². The minimum absolute atomic E-state index is 0.128. The van der Waals surface area contributed by atoms with Gasteiger partial charge < -0.3 is 5.73 Å². The zero-order valence-electron chi connectivity index (χ0n) is 17.3. The van der Waals surface area contributed by atoms with Crippen LogP contribution in [0.3, 0.4) is 0 Å². The second kappa shape index (κ2) is 9.26. The van der Waals surface area contributed by atoms with Gasteiger partial charge in [-0.2, -0.15) is 0 Å². The summed E-state index contributed by atoms with van der Waals surface area (Å²) in [5.74, 6) is -0.0662. The number of nitrogen functional groups attached to an aromatic ring is 1. The van der Waals surface area contributed by atoms with E-state index in [9.17, 15) is 4.79 Å². The molecule has 0 bridgehead atoms. The molecule has 3 heterocycles. The number of hydrogen-bond donors (Lipinski definition) is 1. The number of hydrogen-bond acceptors (Lipinski definition) is 6. The van der Waals surface area contributed by atoms with E-state index in [-0.39, 0.29) is 23.7 Å². The van der Waals surface area contributed by atoms with Crippen LogP contribution in [-0.2, 0) is 12.8 Å². The number of nitrogens with zero attached hydrogens (tertiary/aromatic N) is 4. The molecule has 0 aliphatic carbocycles. The molecule has 154 valence electrons. The van der Waals surface area contributed by atoms with E-state index in [1.165, 1.54) is 5.56 Å². The number of carbonyl (C=O) groups is 1. The highest BCUT2D eigenvalue weighted by Gasteiger charge is 2.17. The molecular formula is C25H23N5O. The monoisotopic (exact) mass is 409 g/mol. The van der Waals surface area contributed by atoms with E-state index in [2.05, 4.69) is 39.0 Å². The molecule has 6 heteroatoms. The highest BCUT2D eigenvalue weighted by molar-refractivity contribution is 6.00. The molecule has 2 N–H and O–H groups in total. The molecule has 3 aromatic heterocycles. The van der Waals surface area contributed by atoms with Crippen LogP contribution in [0.15, 0.2) is 73.4 Å². The highest BCUT2D eigenvalue weighted by Crippen LogP contribution is 2.25. The van der Waals surface area contributed by atoms with Gasteiger partial charge in [0, 0.05) is 36.8 Å². The molecule has 4 rings (SSSR count). The molecule has 0 saturated heterocycles. The SMILES string of the molecule is CCCc1ccc(-c2cnc(N)c(C(=O)Cc3cnccc3-c3ccncc3)n2)cc1. The molecule has 0 radical (unpaired) electrons. The fourth-order valence-electron chi connectivity index (χ4n) is 3.51. The van der Waals surface area contributed by atoms with E-state index in [1.54, 1.807) is 31.0 Å². The molecule has 0 unspecified atom stereocenters. The molecule has 4 aromatic rings. The summed E-state index contributed by atoms with van der Waals surface area (Å²) in [5, 5.41) is 0. The van der Waals surface area contributed by atoms with Crippen molar-refractivity contribution in [3.63, 3.8) is 0 Å². The van der Waals surface area contributed by atoms with Crippen molar-refractivity contribution in [1.82, 2.24) is 19.9 Å². The molecule has 0 aliphatic heterocycles. The van der Waals surface area contributed by atoms with Gasteiger partial charge in [-0.25, -0.2) is 9.97 Å². The maximum absolute atomic E-state index is 13.1. The normalized spacial score (nSPS) is 10.7.